The predicted octanol–water partition coefficient (Wildman–Crippen LogP) is 4.11. The van der Waals surface area contributed by atoms with Crippen LogP contribution < -0.4 is 10.6 Å². The first-order chi connectivity index (χ1) is 12.9. The summed E-state index contributed by atoms with van der Waals surface area (Å²) in [5, 5.41) is 1.52. The van der Waals surface area contributed by atoms with Crippen LogP contribution in [-0.4, -0.2) is 15.4 Å². The van der Waals surface area contributed by atoms with Crippen molar-refractivity contribution in [2.75, 3.05) is 0 Å². The molecule has 0 aromatic heterocycles. The van der Waals surface area contributed by atoms with E-state index in [9.17, 15) is 23.6 Å². The minimum atomic E-state index is -4.42. The van der Waals surface area contributed by atoms with E-state index in [0.29, 0.717) is 16.4 Å². The highest BCUT2D eigenvalue weighted by Crippen LogP contribution is 2.30. The fourth-order valence-corrected chi connectivity index (χ4v) is 3.76. The number of nitrogens with zero attached hydrogens (tertiary/aromatic N) is 2. The second-order valence-corrected chi connectivity index (χ2v) is 7.37. The molecular formula is C20H14F3N2OP. The van der Waals surface area contributed by atoms with Gasteiger partial charge in [0.2, 0.25) is 0 Å². The number of hydrogen-bond acceptors (Lipinski definition) is 1. The van der Waals surface area contributed by atoms with Crippen molar-refractivity contribution in [3.63, 3.8) is 0 Å². The average Bonchev–Trinajstić information content (AvgIpc) is 2.69. The van der Waals surface area contributed by atoms with Crippen LogP contribution in [0.15, 0.2) is 78.9 Å². The number of hydrogen-bond donors (Lipinski definition) is 1. The molecule has 0 saturated heterocycles. The quantitative estimate of drug-likeness (QED) is 0.312. The van der Waals surface area contributed by atoms with Crippen LogP contribution in [0, 0.1) is 0 Å². The molecule has 0 amide bonds. The van der Waals surface area contributed by atoms with Crippen LogP contribution >= 0.6 is 8.15 Å². The van der Waals surface area contributed by atoms with Crippen molar-refractivity contribution in [2.24, 2.45) is 0 Å². The Morgan fingerprint density at radius 2 is 1.26 bits per heavy atom. The van der Waals surface area contributed by atoms with Crippen molar-refractivity contribution in [3.05, 3.63) is 101 Å². The molecule has 0 fully saturated rings. The molecule has 0 radical (unpaired) electrons. The van der Waals surface area contributed by atoms with E-state index in [1.807, 2.05) is 30.3 Å². The van der Waals surface area contributed by atoms with Crippen molar-refractivity contribution >= 4 is 24.5 Å². The summed E-state index contributed by atoms with van der Waals surface area (Å²) in [6, 6.07) is 20.4. The van der Waals surface area contributed by atoms with Crippen LogP contribution in [0.2, 0.25) is 0 Å². The van der Waals surface area contributed by atoms with Gasteiger partial charge >= 0.3 is 11.9 Å². The fourth-order valence-electron chi connectivity index (χ4n) is 2.58. The van der Waals surface area contributed by atoms with Gasteiger partial charge in [0.05, 0.1) is 24.8 Å². The van der Waals surface area contributed by atoms with Crippen molar-refractivity contribution in [3.8, 4) is 0 Å². The van der Waals surface area contributed by atoms with E-state index in [2.05, 4.69) is 4.79 Å². The van der Waals surface area contributed by atoms with Gasteiger partial charge in [0.15, 0.2) is 0 Å². The van der Waals surface area contributed by atoms with Gasteiger partial charge in [0.1, 0.15) is 0 Å². The smallest absolute Gasteiger partial charge is 0.364 e. The topological polar surface area (TPSA) is 56.6 Å². The normalized spacial score (nSPS) is 12.3. The second kappa shape index (κ2) is 7.85. The molecule has 27 heavy (non-hydrogen) atoms. The lowest BCUT2D eigenvalue weighted by Gasteiger charge is -2.11. The Hall–Kier alpha value is -2.78. The average molecular weight is 386 g/mol. The van der Waals surface area contributed by atoms with Crippen LogP contribution in [0.3, 0.4) is 0 Å². The molecule has 0 spiro atoms. The summed E-state index contributed by atoms with van der Waals surface area (Å²) in [5.41, 5.74) is 9.60. The van der Waals surface area contributed by atoms with Gasteiger partial charge in [-0.05, 0) is 36.4 Å². The van der Waals surface area contributed by atoms with E-state index in [4.69, 9.17) is 0 Å². The monoisotopic (exact) mass is 386 g/mol. The highest BCUT2D eigenvalue weighted by molar-refractivity contribution is 7.67. The van der Waals surface area contributed by atoms with Gasteiger partial charge in [-0.1, -0.05) is 42.5 Å². The van der Waals surface area contributed by atoms with Crippen molar-refractivity contribution < 1.29 is 22.9 Å². The lowest BCUT2D eigenvalue weighted by Crippen LogP contribution is -2.12. The van der Waals surface area contributed by atoms with Gasteiger partial charge < -0.3 is 10.4 Å². The maximum atomic E-state index is 12.7. The number of halogens is 3. The van der Waals surface area contributed by atoms with E-state index in [1.54, 1.807) is 24.3 Å². The first kappa shape index (κ1) is 19.0. The van der Waals surface area contributed by atoms with Crippen molar-refractivity contribution in [1.29, 1.82) is 0 Å². The Kier molecular flexibility index (Phi) is 5.52. The molecule has 3 aromatic rings. The molecule has 0 heterocycles. The lowest BCUT2D eigenvalue weighted by atomic mass is 10.0. The predicted molar refractivity (Wildman–Crippen MR) is 99.6 cm³/mol. The summed E-state index contributed by atoms with van der Waals surface area (Å²) in [6.07, 6.45) is -4.42. The Labute approximate surface area is 155 Å². The number of alkyl halides is 3. The van der Waals surface area contributed by atoms with Gasteiger partial charge in [-0.15, -0.1) is 0 Å². The Balaban J connectivity index is 1.86. The minimum Gasteiger partial charge on any atom is -0.364 e. The third-order valence-electron chi connectivity index (χ3n) is 3.97. The third-order valence-corrected chi connectivity index (χ3v) is 5.55. The van der Waals surface area contributed by atoms with Gasteiger partial charge in [-0.2, -0.15) is 18.0 Å². The highest BCUT2D eigenvalue weighted by Gasteiger charge is 2.30. The van der Waals surface area contributed by atoms with Crippen molar-refractivity contribution in [2.45, 2.75) is 6.18 Å². The molecular weight excluding hydrogens is 372 g/mol. The number of rotatable bonds is 4. The molecule has 0 aliphatic heterocycles. The van der Waals surface area contributed by atoms with Gasteiger partial charge in [-0.25, -0.2) is 0 Å². The summed E-state index contributed by atoms with van der Waals surface area (Å²) in [6.45, 7) is 0. The van der Waals surface area contributed by atoms with E-state index in [0.717, 1.165) is 17.4 Å². The van der Waals surface area contributed by atoms with Crippen molar-refractivity contribution in [1.82, 2.24) is 0 Å². The van der Waals surface area contributed by atoms with Crippen LogP contribution in [-0.2, 0) is 6.18 Å². The SMILES string of the molecule is [N-]=[N+]=C(c1ccc(P(O)c2ccccc2)cc1)c1ccc(C(F)(F)F)cc1. The third kappa shape index (κ3) is 4.32. The largest absolute Gasteiger partial charge is 0.416 e. The van der Waals surface area contributed by atoms with Crippen LogP contribution in [0.5, 0.6) is 0 Å². The molecule has 0 aliphatic carbocycles. The second-order valence-electron chi connectivity index (χ2n) is 5.72. The number of benzene rings is 3. The van der Waals surface area contributed by atoms with Crippen LogP contribution in [0.1, 0.15) is 16.7 Å². The molecule has 0 saturated carbocycles. The standard InChI is InChI=1S/C20H14F3N2OP/c21-20(22,23)16-10-6-14(7-11-16)19(25-24)15-8-12-18(13-9-15)27(26)17-4-2-1-3-5-17/h1-13,26H. The summed E-state index contributed by atoms with van der Waals surface area (Å²) in [5.74, 6) is 0. The minimum absolute atomic E-state index is 0.150. The summed E-state index contributed by atoms with van der Waals surface area (Å²) in [4.78, 5) is 13.7. The molecule has 3 rings (SSSR count). The van der Waals surface area contributed by atoms with Gasteiger partial charge in [-0.3, -0.25) is 0 Å². The zero-order valence-electron chi connectivity index (χ0n) is 13.9. The van der Waals surface area contributed by atoms with Crippen LogP contribution in [0.4, 0.5) is 13.2 Å². The Bertz CT molecular complexity index is 965. The van der Waals surface area contributed by atoms with Gasteiger partial charge in [0.25, 0.3) is 0 Å². The van der Waals surface area contributed by atoms with Crippen LogP contribution in [0.25, 0.3) is 5.53 Å². The highest BCUT2D eigenvalue weighted by atomic mass is 31.1. The molecule has 3 nitrogen and oxygen atoms in total. The molecule has 0 aliphatic rings. The summed E-state index contributed by atoms with van der Waals surface area (Å²) >= 11 is 0. The first-order valence-corrected chi connectivity index (χ1v) is 9.24. The Morgan fingerprint density at radius 1 is 0.778 bits per heavy atom. The maximum Gasteiger partial charge on any atom is 0.416 e. The van der Waals surface area contributed by atoms with E-state index >= 15 is 0 Å². The molecule has 7 heteroatoms. The fraction of sp³-hybridized carbons (Fsp3) is 0.0500. The molecule has 1 atom stereocenters. The first-order valence-electron chi connectivity index (χ1n) is 7.94. The zero-order valence-corrected chi connectivity index (χ0v) is 14.8. The molecule has 0 bridgehead atoms. The Morgan fingerprint density at radius 3 is 1.74 bits per heavy atom. The van der Waals surface area contributed by atoms with E-state index < -0.39 is 19.9 Å². The maximum absolute atomic E-state index is 12.7. The molecule has 1 unspecified atom stereocenters. The van der Waals surface area contributed by atoms with E-state index in [1.165, 1.54) is 12.1 Å². The summed E-state index contributed by atoms with van der Waals surface area (Å²) in [7, 11) is -1.51. The molecule has 136 valence electrons. The molecule has 1 N–H and O–H groups in total. The summed E-state index contributed by atoms with van der Waals surface area (Å²) < 4.78 is 38.1. The lowest BCUT2D eigenvalue weighted by molar-refractivity contribution is -0.137. The van der Waals surface area contributed by atoms with E-state index in [-0.39, 0.29) is 5.71 Å². The molecule has 3 aromatic carbocycles. The van der Waals surface area contributed by atoms with Gasteiger partial charge in [0, 0.05) is 10.6 Å². The zero-order chi connectivity index (χ0) is 19.4.